The van der Waals surface area contributed by atoms with Crippen molar-refractivity contribution >= 4 is 5.91 Å². The van der Waals surface area contributed by atoms with Gasteiger partial charge in [0.25, 0.3) is 5.91 Å². The molecule has 156 valence electrons. The third-order valence-electron chi connectivity index (χ3n) is 4.46. The average molecular weight is 405 g/mol. The standard InChI is InChI=1S/C25H28N2O3/c1-27(2)19-21-14-12-20(13-15-21)18-26-25(28)23-10-6-7-11-24(23)30-17-16-29-22-8-4-3-5-9-22/h3-15H,16-19H2,1-2H3,(H,26,28). The van der Waals surface area contributed by atoms with Gasteiger partial charge in [0.15, 0.2) is 0 Å². The molecule has 3 aromatic carbocycles. The van der Waals surface area contributed by atoms with Crippen LogP contribution in [0.4, 0.5) is 0 Å². The highest BCUT2D eigenvalue weighted by Gasteiger charge is 2.12. The average Bonchev–Trinajstić information content (AvgIpc) is 2.77. The quantitative estimate of drug-likeness (QED) is 0.516. The SMILES string of the molecule is CN(C)Cc1ccc(CNC(=O)c2ccccc2OCCOc2ccccc2)cc1. The van der Waals surface area contributed by atoms with Crippen LogP contribution in [0.25, 0.3) is 0 Å². The Morgan fingerprint density at radius 3 is 2.17 bits per heavy atom. The van der Waals surface area contributed by atoms with Gasteiger partial charge in [-0.25, -0.2) is 0 Å². The van der Waals surface area contributed by atoms with E-state index >= 15 is 0 Å². The van der Waals surface area contributed by atoms with E-state index in [2.05, 4.69) is 22.3 Å². The lowest BCUT2D eigenvalue weighted by molar-refractivity contribution is 0.0945. The summed E-state index contributed by atoms with van der Waals surface area (Å²) in [5.74, 6) is 1.18. The molecule has 0 saturated heterocycles. The van der Waals surface area contributed by atoms with Gasteiger partial charge in [-0.1, -0.05) is 54.6 Å². The van der Waals surface area contributed by atoms with Crippen molar-refractivity contribution in [3.8, 4) is 11.5 Å². The van der Waals surface area contributed by atoms with E-state index in [1.165, 1.54) is 5.56 Å². The maximum Gasteiger partial charge on any atom is 0.255 e. The number of carbonyl (C=O) groups is 1. The van der Waals surface area contributed by atoms with Gasteiger partial charge in [0.1, 0.15) is 24.7 Å². The van der Waals surface area contributed by atoms with Crippen LogP contribution in [-0.4, -0.2) is 38.1 Å². The van der Waals surface area contributed by atoms with E-state index < -0.39 is 0 Å². The molecule has 3 aromatic rings. The van der Waals surface area contributed by atoms with Gasteiger partial charge < -0.3 is 19.7 Å². The van der Waals surface area contributed by atoms with Crippen molar-refractivity contribution in [2.45, 2.75) is 13.1 Å². The van der Waals surface area contributed by atoms with E-state index in [0.29, 0.717) is 31.1 Å². The predicted molar refractivity (Wildman–Crippen MR) is 119 cm³/mol. The molecule has 5 nitrogen and oxygen atoms in total. The third kappa shape index (κ3) is 6.64. The molecular formula is C25H28N2O3. The molecule has 5 heteroatoms. The van der Waals surface area contributed by atoms with Gasteiger partial charge in [-0.2, -0.15) is 0 Å². The number of carbonyl (C=O) groups excluding carboxylic acids is 1. The number of hydrogen-bond acceptors (Lipinski definition) is 4. The second-order valence-corrected chi connectivity index (χ2v) is 7.24. The highest BCUT2D eigenvalue weighted by atomic mass is 16.5. The van der Waals surface area contributed by atoms with Gasteiger partial charge in [0.2, 0.25) is 0 Å². The van der Waals surface area contributed by atoms with Crippen LogP contribution in [0.1, 0.15) is 21.5 Å². The fourth-order valence-electron chi connectivity index (χ4n) is 3.01. The lowest BCUT2D eigenvalue weighted by Crippen LogP contribution is -2.24. The molecular weight excluding hydrogens is 376 g/mol. The predicted octanol–water partition coefficient (Wildman–Crippen LogP) is 4.14. The molecule has 0 fully saturated rings. The zero-order chi connectivity index (χ0) is 21.2. The van der Waals surface area contributed by atoms with E-state index in [1.54, 1.807) is 12.1 Å². The summed E-state index contributed by atoms with van der Waals surface area (Å²) in [4.78, 5) is 14.8. The molecule has 0 heterocycles. The molecule has 30 heavy (non-hydrogen) atoms. The number of rotatable bonds is 10. The molecule has 0 aliphatic carbocycles. The first kappa shape index (κ1) is 21.4. The summed E-state index contributed by atoms with van der Waals surface area (Å²) in [6, 6.07) is 25.1. The first-order valence-corrected chi connectivity index (χ1v) is 10.0. The molecule has 1 N–H and O–H groups in total. The topological polar surface area (TPSA) is 50.8 Å². The minimum atomic E-state index is -0.160. The summed E-state index contributed by atoms with van der Waals surface area (Å²) in [6.07, 6.45) is 0. The van der Waals surface area contributed by atoms with Crippen molar-refractivity contribution in [1.29, 1.82) is 0 Å². The van der Waals surface area contributed by atoms with E-state index in [-0.39, 0.29) is 5.91 Å². The largest absolute Gasteiger partial charge is 0.490 e. The van der Waals surface area contributed by atoms with Gasteiger partial charge in [-0.3, -0.25) is 4.79 Å². The van der Waals surface area contributed by atoms with Crippen molar-refractivity contribution < 1.29 is 14.3 Å². The third-order valence-corrected chi connectivity index (χ3v) is 4.46. The van der Waals surface area contributed by atoms with Crippen molar-refractivity contribution in [3.63, 3.8) is 0 Å². The van der Waals surface area contributed by atoms with E-state index in [0.717, 1.165) is 17.9 Å². The Hall–Kier alpha value is -3.31. The lowest BCUT2D eigenvalue weighted by Gasteiger charge is -2.13. The summed E-state index contributed by atoms with van der Waals surface area (Å²) in [7, 11) is 4.09. The summed E-state index contributed by atoms with van der Waals surface area (Å²) >= 11 is 0. The van der Waals surface area contributed by atoms with Gasteiger partial charge >= 0.3 is 0 Å². The Kier molecular flexibility index (Phi) is 7.86. The lowest BCUT2D eigenvalue weighted by atomic mass is 10.1. The zero-order valence-corrected chi connectivity index (χ0v) is 17.5. The number of nitrogens with zero attached hydrogens (tertiary/aromatic N) is 1. The zero-order valence-electron chi connectivity index (χ0n) is 17.5. The van der Waals surface area contributed by atoms with Gasteiger partial charge in [0, 0.05) is 13.1 Å². The van der Waals surface area contributed by atoms with Crippen LogP contribution < -0.4 is 14.8 Å². The Balaban J connectivity index is 1.50. The Bertz CT molecular complexity index is 925. The molecule has 0 bridgehead atoms. The Labute approximate surface area is 178 Å². The molecule has 0 radical (unpaired) electrons. The van der Waals surface area contributed by atoms with Crippen molar-refractivity contribution in [3.05, 3.63) is 95.6 Å². The molecule has 0 aliphatic rings. The summed E-state index contributed by atoms with van der Waals surface area (Å²) < 4.78 is 11.4. The molecule has 0 aliphatic heterocycles. The van der Waals surface area contributed by atoms with Crippen LogP contribution >= 0.6 is 0 Å². The highest BCUT2D eigenvalue weighted by Crippen LogP contribution is 2.18. The fourth-order valence-corrected chi connectivity index (χ4v) is 3.01. The van der Waals surface area contributed by atoms with Crippen LogP contribution in [0.2, 0.25) is 0 Å². The van der Waals surface area contributed by atoms with Crippen LogP contribution in [-0.2, 0) is 13.1 Å². The van der Waals surface area contributed by atoms with Crippen molar-refractivity contribution in [1.82, 2.24) is 10.2 Å². The number of ether oxygens (including phenoxy) is 2. The molecule has 0 aromatic heterocycles. The molecule has 0 saturated carbocycles. The number of benzene rings is 3. The minimum absolute atomic E-state index is 0.160. The summed E-state index contributed by atoms with van der Waals surface area (Å²) in [5.41, 5.74) is 2.81. The van der Waals surface area contributed by atoms with Gasteiger partial charge in [-0.15, -0.1) is 0 Å². The number of para-hydroxylation sites is 2. The normalized spacial score (nSPS) is 10.6. The molecule has 3 rings (SSSR count). The molecule has 0 spiro atoms. The van der Waals surface area contributed by atoms with Crippen LogP contribution in [0.15, 0.2) is 78.9 Å². The Morgan fingerprint density at radius 1 is 0.800 bits per heavy atom. The second-order valence-electron chi connectivity index (χ2n) is 7.24. The van der Waals surface area contributed by atoms with Crippen molar-refractivity contribution in [2.75, 3.05) is 27.3 Å². The number of amides is 1. The monoisotopic (exact) mass is 404 g/mol. The van der Waals surface area contributed by atoms with Crippen molar-refractivity contribution in [2.24, 2.45) is 0 Å². The van der Waals surface area contributed by atoms with E-state index in [9.17, 15) is 4.79 Å². The van der Waals surface area contributed by atoms with Gasteiger partial charge in [0.05, 0.1) is 5.56 Å². The van der Waals surface area contributed by atoms with E-state index in [4.69, 9.17) is 9.47 Å². The second kappa shape index (κ2) is 11.0. The van der Waals surface area contributed by atoms with Crippen LogP contribution in [0, 0.1) is 0 Å². The molecule has 1 amide bonds. The first-order valence-electron chi connectivity index (χ1n) is 10.0. The highest BCUT2D eigenvalue weighted by molar-refractivity contribution is 5.96. The molecule has 0 atom stereocenters. The van der Waals surface area contributed by atoms with E-state index in [1.807, 2.05) is 68.7 Å². The number of nitrogens with one attached hydrogen (secondary N) is 1. The number of hydrogen-bond donors (Lipinski definition) is 1. The minimum Gasteiger partial charge on any atom is -0.490 e. The first-order chi connectivity index (χ1) is 14.6. The summed E-state index contributed by atoms with van der Waals surface area (Å²) in [5, 5.41) is 2.97. The van der Waals surface area contributed by atoms with Crippen LogP contribution in [0.3, 0.4) is 0 Å². The molecule has 0 unspecified atom stereocenters. The smallest absolute Gasteiger partial charge is 0.255 e. The van der Waals surface area contributed by atoms with Gasteiger partial charge in [-0.05, 0) is 49.5 Å². The maximum atomic E-state index is 12.7. The fraction of sp³-hybridized carbons (Fsp3) is 0.240. The Morgan fingerprint density at radius 2 is 1.43 bits per heavy atom. The maximum absolute atomic E-state index is 12.7. The van der Waals surface area contributed by atoms with Crippen LogP contribution in [0.5, 0.6) is 11.5 Å². The summed E-state index contributed by atoms with van der Waals surface area (Å²) in [6.45, 7) is 2.11.